The van der Waals surface area contributed by atoms with Gasteiger partial charge in [-0.2, -0.15) is 0 Å². The summed E-state index contributed by atoms with van der Waals surface area (Å²) in [6.45, 7) is 8.27. The maximum Gasteiger partial charge on any atom is 0.255 e. The van der Waals surface area contributed by atoms with Crippen molar-refractivity contribution in [3.05, 3.63) is 52.7 Å². The molecule has 2 aromatic rings. The van der Waals surface area contributed by atoms with Gasteiger partial charge < -0.3 is 15.1 Å². The minimum atomic E-state index is -0.0851. The number of aromatic nitrogens is 2. The van der Waals surface area contributed by atoms with E-state index in [1.54, 1.807) is 11.0 Å². The first kappa shape index (κ1) is 19.4. The fraction of sp³-hybridized carbons (Fsp3) is 0.333. The average Bonchev–Trinajstić information content (AvgIpc) is 2.73. The van der Waals surface area contributed by atoms with E-state index in [0.717, 1.165) is 22.6 Å². The van der Waals surface area contributed by atoms with Crippen LogP contribution in [0.2, 0.25) is 5.02 Å². The fourth-order valence-corrected chi connectivity index (χ4v) is 3.84. The Hall–Kier alpha value is -2.93. The molecule has 1 aromatic carbocycles. The molecule has 0 saturated carbocycles. The molecular formula is C21H22ClN5O2. The second-order valence-corrected chi connectivity index (χ2v) is 7.78. The Morgan fingerprint density at radius 1 is 1.14 bits per heavy atom. The molecule has 0 radical (unpaired) electrons. The third-order valence-electron chi connectivity index (χ3n) is 5.30. The van der Waals surface area contributed by atoms with Gasteiger partial charge in [-0.25, -0.2) is 0 Å². The van der Waals surface area contributed by atoms with Gasteiger partial charge >= 0.3 is 0 Å². The molecule has 4 rings (SSSR count). The first-order valence-electron chi connectivity index (χ1n) is 9.58. The molecular weight excluding hydrogens is 390 g/mol. The molecule has 0 aliphatic carbocycles. The number of fused-ring (bicyclic) bond motifs is 1. The number of anilines is 2. The van der Waals surface area contributed by atoms with Crippen molar-refractivity contribution in [1.29, 1.82) is 0 Å². The number of aryl methyl sites for hydroxylation is 1. The highest BCUT2D eigenvalue weighted by atomic mass is 35.5. The van der Waals surface area contributed by atoms with E-state index in [-0.39, 0.29) is 11.8 Å². The van der Waals surface area contributed by atoms with Crippen LogP contribution in [0.3, 0.4) is 0 Å². The molecule has 1 N–H and O–H groups in total. The lowest BCUT2D eigenvalue weighted by Crippen LogP contribution is -2.49. The molecule has 0 spiro atoms. The number of hydrogen-bond donors (Lipinski definition) is 1. The first-order valence-corrected chi connectivity index (χ1v) is 9.96. The van der Waals surface area contributed by atoms with Crippen LogP contribution < -0.4 is 10.2 Å². The monoisotopic (exact) mass is 411 g/mol. The summed E-state index contributed by atoms with van der Waals surface area (Å²) in [6.07, 6.45) is 1.04. The molecule has 29 heavy (non-hydrogen) atoms. The molecule has 2 amide bonds. The third-order valence-corrected chi connectivity index (χ3v) is 5.61. The van der Waals surface area contributed by atoms with Gasteiger partial charge in [0.2, 0.25) is 5.91 Å². The highest BCUT2D eigenvalue weighted by molar-refractivity contribution is 6.34. The predicted octanol–water partition coefficient (Wildman–Crippen LogP) is 3.01. The van der Waals surface area contributed by atoms with E-state index < -0.39 is 0 Å². The number of benzene rings is 1. The smallest absolute Gasteiger partial charge is 0.255 e. The number of nitrogens with one attached hydrogen (secondary N) is 1. The minimum Gasteiger partial charge on any atom is -0.352 e. The highest BCUT2D eigenvalue weighted by Gasteiger charge is 2.26. The quantitative estimate of drug-likeness (QED) is 0.839. The van der Waals surface area contributed by atoms with Gasteiger partial charge in [-0.3, -0.25) is 9.59 Å². The zero-order chi connectivity index (χ0) is 20.5. The largest absolute Gasteiger partial charge is 0.352 e. The van der Waals surface area contributed by atoms with Gasteiger partial charge in [0.1, 0.15) is 0 Å². The number of allylic oxidation sites excluding steroid dienone is 1. The van der Waals surface area contributed by atoms with Gasteiger partial charge in [0.05, 0.1) is 16.3 Å². The third kappa shape index (κ3) is 3.96. The van der Waals surface area contributed by atoms with Crippen molar-refractivity contribution in [3.63, 3.8) is 0 Å². The summed E-state index contributed by atoms with van der Waals surface area (Å²) in [4.78, 5) is 28.5. The van der Waals surface area contributed by atoms with E-state index in [0.29, 0.717) is 55.3 Å². The van der Waals surface area contributed by atoms with Crippen LogP contribution in [-0.2, 0) is 11.2 Å². The van der Waals surface area contributed by atoms with Gasteiger partial charge in [-0.1, -0.05) is 18.2 Å². The summed E-state index contributed by atoms with van der Waals surface area (Å²) in [5, 5.41) is 11.6. The number of carbonyl (C=O) groups excluding carboxylic acids is 2. The van der Waals surface area contributed by atoms with Gasteiger partial charge in [-0.15, -0.1) is 10.2 Å². The number of hydrogen-bond acceptors (Lipinski definition) is 5. The van der Waals surface area contributed by atoms with Gasteiger partial charge in [-0.05, 0) is 48.7 Å². The van der Waals surface area contributed by atoms with Crippen LogP contribution in [0.25, 0.3) is 5.57 Å². The number of rotatable bonds is 3. The van der Waals surface area contributed by atoms with Crippen molar-refractivity contribution in [3.8, 4) is 0 Å². The molecule has 1 fully saturated rings. The van der Waals surface area contributed by atoms with Gasteiger partial charge in [0, 0.05) is 38.3 Å². The summed E-state index contributed by atoms with van der Waals surface area (Å²) >= 11 is 6.35. The molecule has 0 atom stereocenters. The summed E-state index contributed by atoms with van der Waals surface area (Å²) in [5.74, 6) is 0.686. The summed E-state index contributed by atoms with van der Waals surface area (Å²) in [5.41, 5.74) is 3.79. The van der Waals surface area contributed by atoms with E-state index >= 15 is 0 Å². The number of amides is 2. The predicted molar refractivity (Wildman–Crippen MR) is 113 cm³/mol. The standard InChI is InChI=1S/C21H22ClN5O2/c1-13(2)17-4-5-19(25-24-17)26-7-9-27(10-8-26)21(29)15-11-14-3-6-20(28)23-18(14)12-16(15)22/h4-5,11-12H,1,3,6-10H2,2H3,(H,23,28). The Labute approximate surface area is 174 Å². The highest BCUT2D eigenvalue weighted by Crippen LogP contribution is 2.30. The number of piperazine rings is 1. The van der Waals surface area contributed by atoms with Gasteiger partial charge in [0.15, 0.2) is 5.82 Å². The molecule has 2 aliphatic heterocycles. The van der Waals surface area contributed by atoms with Crippen molar-refractivity contribution in [2.24, 2.45) is 0 Å². The molecule has 7 nitrogen and oxygen atoms in total. The Kier molecular flexibility index (Phi) is 5.24. The molecule has 8 heteroatoms. The molecule has 150 valence electrons. The van der Waals surface area contributed by atoms with Crippen molar-refractivity contribution in [1.82, 2.24) is 15.1 Å². The van der Waals surface area contributed by atoms with Crippen LogP contribution >= 0.6 is 11.6 Å². The fourth-order valence-electron chi connectivity index (χ4n) is 3.60. The molecule has 2 aliphatic rings. The van der Waals surface area contributed by atoms with E-state index in [4.69, 9.17) is 11.6 Å². The van der Waals surface area contributed by atoms with Crippen LogP contribution in [0.15, 0.2) is 30.8 Å². The minimum absolute atomic E-state index is 0.0249. The normalized spacial score (nSPS) is 16.3. The van der Waals surface area contributed by atoms with Crippen LogP contribution in [0.1, 0.15) is 35.0 Å². The van der Waals surface area contributed by atoms with Crippen molar-refractivity contribution in [2.45, 2.75) is 19.8 Å². The van der Waals surface area contributed by atoms with Crippen LogP contribution in [0.4, 0.5) is 11.5 Å². The van der Waals surface area contributed by atoms with Crippen LogP contribution in [0.5, 0.6) is 0 Å². The van der Waals surface area contributed by atoms with E-state index in [1.165, 1.54) is 0 Å². The summed E-state index contributed by atoms with van der Waals surface area (Å²) < 4.78 is 0. The zero-order valence-electron chi connectivity index (χ0n) is 16.2. The molecule has 1 saturated heterocycles. The number of nitrogens with zero attached hydrogens (tertiary/aromatic N) is 4. The molecule has 3 heterocycles. The van der Waals surface area contributed by atoms with Crippen LogP contribution in [-0.4, -0.2) is 53.1 Å². The maximum absolute atomic E-state index is 13.0. The summed E-state index contributed by atoms with van der Waals surface area (Å²) in [7, 11) is 0. The lowest BCUT2D eigenvalue weighted by atomic mass is 9.99. The lowest BCUT2D eigenvalue weighted by molar-refractivity contribution is -0.116. The van der Waals surface area contributed by atoms with E-state index in [9.17, 15) is 9.59 Å². The lowest BCUT2D eigenvalue weighted by Gasteiger charge is -2.35. The Morgan fingerprint density at radius 2 is 1.90 bits per heavy atom. The Balaban J connectivity index is 1.44. The number of carbonyl (C=O) groups is 2. The zero-order valence-corrected chi connectivity index (χ0v) is 17.0. The van der Waals surface area contributed by atoms with Crippen molar-refractivity contribution >= 4 is 40.5 Å². The molecule has 1 aromatic heterocycles. The second kappa shape index (κ2) is 7.83. The van der Waals surface area contributed by atoms with E-state index in [2.05, 4.69) is 27.0 Å². The number of halogens is 1. The Bertz CT molecular complexity index is 981. The SMILES string of the molecule is C=C(C)c1ccc(N2CCN(C(=O)c3cc4c(cc3Cl)NC(=O)CC4)CC2)nn1. The van der Waals surface area contributed by atoms with Crippen molar-refractivity contribution in [2.75, 3.05) is 36.4 Å². The van der Waals surface area contributed by atoms with Gasteiger partial charge in [0.25, 0.3) is 5.91 Å². The molecule has 0 bridgehead atoms. The van der Waals surface area contributed by atoms with Crippen molar-refractivity contribution < 1.29 is 9.59 Å². The van der Waals surface area contributed by atoms with Crippen LogP contribution in [0, 0.1) is 0 Å². The second-order valence-electron chi connectivity index (χ2n) is 7.37. The summed E-state index contributed by atoms with van der Waals surface area (Å²) in [6, 6.07) is 7.33. The average molecular weight is 412 g/mol. The first-order chi connectivity index (χ1) is 13.9. The Morgan fingerprint density at radius 3 is 2.55 bits per heavy atom. The van der Waals surface area contributed by atoms with E-state index in [1.807, 2.05) is 25.1 Å². The molecule has 0 unspecified atom stereocenters. The topological polar surface area (TPSA) is 78.4 Å². The maximum atomic E-state index is 13.0.